The summed E-state index contributed by atoms with van der Waals surface area (Å²) in [6.07, 6.45) is 143. The summed E-state index contributed by atoms with van der Waals surface area (Å²) in [5, 5.41) is 0. The van der Waals surface area contributed by atoms with Gasteiger partial charge >= 0.3 is 16.5 Å². The molecule has 0 atom stereocenters. The van der Waals surface area contributed by atoms with E-state index in [1.54, 1.807) is 38.1 Å². The van der Waals surface area contributed by atoms with E-state index >= 15 is 0 Å². The van der Waals surface area contributed by atoms with E-state index in [-0.39, 0.29) is 16.5 Å². The van der Waals surface area contributed by atoms with Gasteiger partial charge in [0.25, 0.3) is 0 Å². The van der Waals surface area contributed by atoms with Crippen molar-refractivity contribution in [2.24, 2.45) is 0 Å². The molecule has 1 heterocycles. The molecular weight excluding hydrogens is 1620 g/mol. The zero-order chi connectivity index (χ0) is 93.9. The molecule has 770 valence electrons. The number of aryl methyl sites for hydroxylation is 4. The van der Waals surface area contributed by atoms with E-state index in [0.29, 0.717) is 0 Å². The molecule has 1 aliphatic heterocycles. The van der Waals surface area contributed by atoms with E-state index < -0.39 is 0 Å². The van der Waals surface area contributed by atoms with Gasteiger partial charge in [-0.05, 0) is 148 Å². The molecule has 0 radical (unpaired) electrons. The van der Waals surface area contributed by atoms with Gasteiger partial charge in [-0.2, -0.15) is 12.8 Å². The number of hydrogen-bond donors (Lipinski definition) is 0. The van der Waals surface area contributed by atoms with Crippen LogP contribution in [0.15, 0.2) is 35.9 Å². The summed E-state index contributed by atoms with van der Waals surface area (Å²) in [4.78, 5) is 0. The molecule has 2 aromatic rings. The zero-order valence-electron chi connectivity index (χ0n) is 91.4. The Kier molecular flexibility index (Phi) is 104. The maximum absolute atomic E-state index is 12.8. The molecule has 2 nitrogen and oxygen atoms in total. The first-order valence-corrected chi connectivity index (χ1v) is 61.1. The van der Waals surface area contributed by atoms with Crippen molar-refractivity contribution >= 4 is 11.4 Å². The smallest absolute Gasteiger partial charge is 0.493 e. The molecular formula is C128H238N2Ni. The molecule has 1 aliphatic rings. The minimum Gasteiger partial charge on any atom is -0.493 e. The van der Waals surface area contributed by atoms with Crippen LogP contribution in [0, 0.1) is 13.8 Å². The summed E-state index contributed by atoms with van der Waals surface area (Å²) in [5.41, 5.74) is 28.2. The molecule has 0 unspecified atom stereocenters. The molecule has 2 aromatic carbocycles. The summed E-state index contributed by atoms with van der Waals surface area (Å²) >= 11 is 0. The monoisotopic (exact) mass is 1860 g/mol. The normalized spacial score (nSPS) is 12.1. The van der Waals surface area contributed by atoms with Crippen molar-refractivity contribution in [2.45, 2.75) is 711 Å². The predicted octanol–water partition coefficient (Wildman–Crippen LogP) is 46.6. The molecule has 3 rings (SSSR count). The number of allylic oxidation sites excluding steroid dienone is 2. The second-order valence-corrected chi connectivity index (χ2v) is 42.6. The van der Waals surface area contributed by atoms with Gasteiger partial charge in [0.05, 0.1) is 0 Å². The second-order valence-electron chi connectivity index (χ2n) is 42.6. The maximum atomic E-state index is 12.8. The fourth-order valence-electron chi connectivity index (χ4n) is 20.8. The largest absolute Gasteiger partial charge is 2.00 e. The number of benzene rings is 2. The third-order valence-electron chi connectivity index (χ3n) is 29.8. The minimum absolute atomic E-state index is 0. The van der Waals surface area contributed by atoms with E-state index in [1.807, 2.05) is 0 Å². The SMILES string of the molecule is CCCCCCCCCCCCCCCCCCCCCCCCCCCCc1c(CCCC)cc(C2=CC(CCCC)=C(c3cc(CCCC)c(CCCCCCCCCCCCCCCCCCCCCCCCCCCC)c(CCCC)c3)[N+]2=[N-])cc1CCCC.[CH2-]CCCCCCCCCCCCCCCCC.[CH2-]CCCCCCCCCCCCCCCCC.[Ni+2]. The van der Waals surface area contributed by atoms with Crippen LogP contribution in [0.3, 0.4) is 0 Å². The van der Waals surface area contributed by atoms with Crippen LogP contribution in [0.2, 0.25) is 0 Å². The molecule has 0 N–H and O–H groups in total. The van der Waals surface area contributed by atoms with Crippen LogP contribution in [0.5, 0.6) is 0 Å². The van der Waals surface area contributed by atoms with Gasteiger partial charge in [0, 0.05) is 22.8 Å². The van der Waals surface area contributed by atoms with Gasteiger partial charge in [-0.1, -0.05) is 608 Å². The average Bonchev–Trinajstić information content (AvgIpc) is 1.61. The molecule has 131 heavy (non-hydrogen) atoms. The van der Waals surface area contributed by atoms with Crippen molar-refractivity contribution in [2.75, 3.05) is 0 Å². The van der Waals surface area contributed by atoms with Crippen molar-refractivity contribution in [1.29, 1.82) is 0 Å². The van der Waals surface area contributed by atoms with E-state index in [1.165, 1.54) is 607 Å². The first-order valence-electron chi connectivity index (χ1n) is 61.1. The van der Waals surface area contributed by atoms with Gasteiger partial charge in [0.1, 0.15) is 0 Å². The van der Waals surface area contributed by atoms with Crippen molar-refractivity contribution in [1.82, 2.24) is 0 Å². The van der Waals surface area contributed by atoms with Crippen molar-refractivity contribution in [3.05, 3.63) is 99.8 Å². The second kappa shape index (κ2) is 105. The quantitative estimate of drug-likeness (QED) is 0.0273. The molecule has 0 bridgehead atoms. The zero-order valence-corrected chi connectivity index (χ0v) is 92.4. The van der Waals surface area contributed by atoms with E-state index in [9.17, 15) is 5.53 Å². The summed E-state index contributed by atoms with van der Waals surface area (Å²) in [7, 11) is 0. The Bertz CT molecular complexity index is 2570. The number of nitrogens with zero attached hydrogens (tertiary/aromatic N) is 2. The van der Waals surface area contributed by atoms with Crippen LogP contribution in [0.1, 0.15) is 717 Å². The average molecular weight is 1860 g/mol. The van der Waals surface area contributed by atoms with Crippen LogP contribution < -0.4 is 0 Å². The molecule has 0 saturated heterocycles. The number of unbranched alkanes of at least 4 members (excludes halogenated alkanes) is 85. The van der Waals surface area contributed by atoms with Crippen molar-refractivity contribution < 1.29 is 21.2 Å². The fourth-order valence-corrected chi connectivity index (χ4v) is 20.8. The Morgan fingerprint density at radius 1 is 0.183 bits per heavy atom. The first kappa shape index (κ1) is 129. The van der Waals surface area contributed by atoms with Crippen molar-refractivity contribution in [3.63, 3.8) is 0 Å². The molecule has 0 fully saturated rings. The van der Waals surface area contributed by atoms with Gasteiger partial charge < -0.3 is 19.4 Å². The summed E-state index contributed by atoms with van der Waals surface area (Å²) < 4.78 is 1.67. The molecule has 0 amide bonds. The molecule has 0 aliphatic carbocycles. The third-order valence-corrected chi connectivity index (χ3v) is 29.8. The van der Waals surface area contributed by atoms with E-state index in [2.05, 4.69) is 107 Å². The van der Waals surface area contributed by atoms with Crippen LogP contribution in [-0.2, 0) is 55.0 Å². The third kappa shape index (κ3) is 79.4. The molecule has 3 heteroatoms. The topological polar surface area (TPSA) is 25.3 Å². The standard InChI is InChI=1S/C92H164N2.2C18H37.Ni/c1-8-15-22-24-26-28-30-32-34-36-38-40-42-44-46-48-50-52-54-56-58-60-62-64-66-68-75-89-82(70-17-10-3)77-87(78-83(89)71-18-11-4)91-81-86(74-21-14-7)92(94(91)93)88-79-84(72-19-12-5)90(85(80-88)73-20-13-6)76-69-67-65-63-61-59-57-55-53-51-49-47-45-43-41-39-37-35-33-31-29-27-25-23-16-9-2;2*1-3-5-7-9-11-13-15-17-18-16-14-12-10-8-6-4-2;/h77-81H,8-76H2,1-7H3;2*1,3-18H2,2H3;/q;2*-1;+2. The molecule has 0 spiro atoms. The van der Waals surface area contributed by atoms with E-state index in [0.717, 1.165) is 69.2 Å². The van der Waals surface area contributed by atoms with Crippen LogP contribution in [-0.4, -0.2) is 4.70 Å². The summed E-state index contributed by atoms with van der Waals surface area (Å²) in [6, 6.07) is 10.2. The Labute approximate surface area is 837 Å². The predicted molar refractivity (Wildman–Crippen MR) is 594 cm³/mol. The van der Waals surface area contributed by atoms with Crippen LogP contribution in [0.25, 0.3) is 16.9 Å². The Morgan fingerprint density at radius 3 is 0.511 bits per heavy atom. The Balaban J connectivity index is 0.00000376. The molecule has 0 saturated carbocycles. The van der Waals surface area contributed by atoms with Gasteiger partial charge in [-0.25, -0.2) is 4.70 Å². The van der Waals surface area contributed by atoms with E-state index in [4.69, 9.17) is 0 Å². The number of hydrogen-bond acceptors (Lipinski definition) is 0. The van der Waals surface area contributed by atoms with Gasteiger partial charge in [-0.15, -0.1) is 0 Å². The summed E-state index contributed by atoms with van der Waals surface area (Å²) in [5.74, 6) is 0. The van der Waals surface area contributed by atoms with Crippen molar-refractivity contribution in [3.8, 4) is 0 Å². The number of rotatable bonds is 101. The minimum atomic E-state index is 0. The van der Waals surface area contributed by atoms with Gasteiger partial charge in [-0.3, -0.25) is 0 Å². The Hall–Kier alpha value is -1.99. The van der Waals surface area contributed by atoms with Gasteiger partial charge in [0.15, 0.2) is 0 Å². The maximum Gasteiger partial charge on any atom is 2.00 e. The van der Waals surface area contributed by atoms with Crippen LogP contribution in [0.4, 0.5) is 0 Å². The summed E-state index contributed by atoms with van der Waals surface area (Å²) in [6.45, 7) is 28.7. The fraction of sp³-hybridized carbons (Fsp3) is 0.859. The Morgan fingerprint density at radius 2 is 0.336 bits per heavy atom. The molecule has 0 aromatic heterocycles. The van der Waals surface area contributed by atoms with Crippen LogP contribution >= 0.6 is 0 Å². The first-order chi connectivity index (χ1) is 64.3. The van der Waals surface area contributed by atoms with Gasteiger partial charge in [0.2, 0.25) is 11.4 Å².